The second-order valence-electron chi connectivity index (χ2n) is 5.21. The van der Waals surface area contributed by atoms with Gasteiger partial charge in [0.1, 0.15) is 5.75 Å². The fraction of sp³-hybridized carbons (Fsp3) is 0.600. The smallest absolute Gasteiger partial charge is 0.119 e. The van der Waals surface area contributed by atoms with Crippen molar-refractivity contribution in [3.05, 3.63) is 29.3 Å². The minimum atomic E-state index is 0.815. The minimum absolute atomic E-state index is 0.815. The Labute approximate surface area is 103 Å². The Kier molecular flexibility index (Phi) is 3.32. The van der Waals surface area contributed by atoms with Gasteiger partial charge in [-0.15, -0.1) is 0 Å². The van der Waals surface area contributed by atoms with Gasteiger partial charge in [0.05, 0.1) is 6.61 Å². The molecule has 1 aromatic rings. The fourth-order valence-corrected chi connectivity index (χ4v) is 2.49. The summed E-state index contributed by atoms with van der Waals surface area (Å²) in [6.45, 7) is 1.92. The second kappa shape index (κ2) is 5.09. The van der Waals surface area contributed by atoms with Crippen LogP contribution in [0.25, 0.3) is 0 Å². The van der Waals surface area contributed by atoms with Crippen LogP contribution in [0, 0.1) is 0 Å². The summed E-state index contributed by atoms with van der Waals surface area (Å²) in [4.78, 5) is 0. The van der Waals surface area contributed by atoms with Crippen molar-refractivity contribution < 1.29 is 4.74 Å². The van der Waals surface area contributed by atoms with Gasteiger partial charge in [-0.3, -0.25) is 0 Å². The third-order valence-corrected chi connectivity index (χ3v) is 3.67. The molecule has 1 N–H and O–H groups in total. The summed E-state index contributed by atoms with van der Waals surface area (Å²) in [5, 5.41) is 3.50. The molecule has 0 spiro atoms. The van der Waals surface area contributed by atoms with Gasteiger partial charge in [0.2, 0.25) is 0 Å². The summed E-state index contributed by atoms with van der Waals surface area (Å²) in [5.74, 6) is 1.05. The van der Waals surface area contributed by atoms with Crippen LogP contribution in [-0.4, -0.2) is 19.2 Å². The van der Waals surface area contributed by atoms with Gasteiger partial charge in [0.25, 0.3) is 0 Å². The Hall–Kier alpha value is -1.02. The van der Waals surface area contributed by atoms with Crippen molar-refractivity contribution >= 4 is 0 Å². The van der Waals surface area contributed by atoms with Gasteiger partial charge in [0, 0.05) is 6.04 Å². The van der Waals surface area contributed by atoms with E-state index in [1.54, 1.807) is 0 Å². The lowest BCUT2D eigenvalue weighted by molar-refractivity contribution is 0.307. The molecule has 0 aliphatic heterocycles. The molecular formula is C15H21NO. The van der Waals surface area contributed by atoms with Crippen LogP contribution in [-0.2, 0) is 12.8 Å². The number of ether oxygens (including phenoxy) is 1. The van der Waals surface area contributed by atoms with Crippen molar-refractivity contribution in [2.24, 2.45) is 0 Å². The summed E-state index contributed by atoms with van der Waals surface area (Å²) in [7, 11) is 0. The summed E-state index contributed by atoms with van der Waals surface area (Å²) in [5.41, 5.74) is 3.02. The maximum absolute atomic E-state index is 5.79. The van der Waals surface area contributed by atoms with E-state index in [0.717, 1.165) is 31.4 Å². The van der Waals surface area contributed by atoms with Crippen molar-refractivity contribution in [3.8, 4) is 5.75 Å². The zero-order chi connectivity index (χ0) is 11.5. The van der Waals surface area contributed by atoms with Crippen LogP contribution >= 0.6 is 0 Å². The summed E-state index contributed by atoms with van der Waals surface area (Å²) in [6.07, 6.45) is 7.63. The molecule has 1 saturated carbocycles. The number of nitrogens with one attached hydrogen (secondary N) is 1. The molecule has 3 rings (SSSR count). The van der Waals surface area contributed by atoms with Gasteiger partial charge in [0.15, 0.2) is 0 Å². The molecule has 0 bridgehead atoms. The van der Waals surface area contributed by atoms with Gasteiger partial charge < -0.3 is 10.1 Å². The third kappa shape index (κ3) is 3.01. The van der Waals surface area contributed by atoms with Crippen LogP contribution in [0.3, 0.4) is 0 Å². The lowest BCUT2D eigenvalue weighted by Crippen LogP contribution is -2.19. The van der Waals surface area contributed by atoms with E-state index < -0.39 is 0 Å². The second-order valence-corrected chi connectivity index (χ2v) is 5.21. The molecular weight excluding hydrogens is 210 g/mol. The number of fused-ring (bicyclic) bond motifs is 1. The predicted octanol–water partition coefficient (Wildman–Crippen LogP) is 2.70. The Morgan fingerprint density at radius 1 is 1.18 bits per heavy atom. The van der Waals surface area contributed by atoms with Crippen LogP contribution in [0.5, 0.6) is 5.75 Å². The van der Waals surface area contributed by atoms with Gasteiger partial charge in [-0.2, -0.15) is 0 Å². The first-order chi connectivity index (χ1) is 8.42. The molecule has 92 valence electrons. The number of aryl methyl sites for hydroxylation is 2. The van der Waals surface area contributed by atoms with Gasteiger partial charge in [-0.05, 0) is 68.3 Å². The Balaban J connectivity index is 1.41. The highest BCUT2D eigenvalue weighted by molar-refractivity contribution is 5.38. The summed E-state index contributed by atoms with van der Waals surface area (Å²) in [6, 6.07) is 7.41. The highest BCUT2D eigenvalue weighted by atomic mass is 16.5. The highest BCUT2D eigenvalue weighted by Gasteiger charge is 2.19. The monoisotopic (exact) mass is 231 g/mol. The van der Waals surface area contributed by atoms with Gasteiger partial charge in [-0.1, -0.05) is 6.07 Å². The molecule has 2 nitrogen and oxygen atoms in total. The van der Waals surface area contributed by atoms with E-state index in [9.17, 15) is 0 Å². The fourth-order valence-electron chi connectivity index (χ4n) is 2.49. The van der Waals surface area contributed by atoms with E-state index in [-0.39, 0.29) is 0 Å². The van der Waals surface area contributed by atoms with Crippen molar-refractivity contribution in [3.63, 3.8) is 0 Å². The molecule has 0 aromatic heterocycles. The molecule has 1 aromatic carbocycles. The maximum Gasteiger partial charge on any atom is 0.119 e. The summed E-state index contributed by atoms with van der Waals surface area (Å²) >= 11 is 0. The average molecular weight is 231 g/mol. The van der Waals surface area contributed by atoms with Crippen LogP contribution in [0.1, 0.15) is 36.8 Å². The van der Waals surface area contributed by atoms with E-state index in [1.807, 2.05) is 0 Å². The molecule has 0 unspecified atom stereocenters. The SMILES string of the molecule is c1cc2c(cc1OCCCNC1CC1)CCC2. The quantitative estimate of drug-likeness (QED) is 0.760. The first kappa shape index (κ1) is 11.1. The van der Waals surface area contributed by atoms with Crippen molar-refractivity contribution in [1.29, 1.82) is 0 Å². The largest absolute Gasteiger partial charge is 0.494 e. The normalized spacial score (nSPS) is 18.1. The van der Waals surface area contributed by atoms with E-state index >= 15 is 0 Å². The topological polar surface area (TPSA) is 21.3 Å². The van der Waals surface area contributed by atoms with Crippen LogP contribution in [0.15, 0.2) is 18.2 Å². The molecule has 2 heteroatoms. The molecule has 1 fully saturated rings. The van der Waals surface area contributed by atoms with Gasteiger partial charge in [-0.25, -0.2) is 0 Å². The summed E-state index contributed by atoms with van der Waals surface area (Å²) < 4.78 is 5.79. The lowest BCUT2D eigenvalue weighted by Gasteiger charge is -2.08. The Bertz CT molecular complexity index is 385. The van der Waals surface area contributed by atoms with Crippen LogP contribution in [0.4, 0.5) is 0 Å². The first-order valence-electron chi connectivity index (χ1n) is 6.90. The van der Waals surface area contributed by atoms with E-state index in [0.29, 0.717) is 0 Å². The molecule has 0 atom stereocenters. The Morgan fingerprint density at radius 2 is 2.06 bits per heavy atom. The minimum Gasteiger partial charge on any atom is -0.494 e. The van der Waals surface area contributed by atoms with Crippen LogP contribution in [0.2, 0.25) is 0 Å². The lowest BCUT2D eigenvalue weighted by atomic mass is 10.1. The van der Waals surface area contributed by atoms with E-state index in [2.05, 4.69) is 23.5 Å². The molecule has 2 aliphatic rings. The zero-order valence-electron chi connectivity index (χ0n) is 10.4. The van der Waals surface area contributed by atoms with Gasteiger partial charge >= 0.3 is 0 Å². The van der Waals surface area contributed by atoms with E-state index in [1.165, 1.54) is 43.2 Å². The number of hydrogen-bond donors (Lipinski definition) is 1. The highest BCUT2D eigenvalue weighted by Crippen LogP contribution is 2.26. The number of rotatable bonds is 6. The van der Waals surface area contributed by atoms with Crippen molar-refractivity contribution in [1.82, 2.24) is 5.32 Å². The Morgan fingerprint density at radius 3 is 2.94 bits per heavy atom. The number of hydrogen-bond acceptors (Lipinski definition) is 2. The van der Waals surface area contributed by atoms with E-state index in [4.69, 9.17) is 4.74 Å². The molecule has 0 heterocycles. The predicted molar refractivity (Wildman–Crippen MR) is 69.6 cm³/mol. The number of benzene rings is 1. The van der Waals surface area contributed by atoms with Crippen LogP contribution < -0.4 is 10.1 Å². The zero-order valence-corrected chi connectivity index (χ0v) is 10.4. The van der Waals surface area contributed by atoms with Crippen molar-refractivity contribution in [2.45, 2.75) is 44.6 Å². The maximum atomic E-state index is 5.79. The molecule has 0 saturated heterocycles. The average Bonchev–Trinajstić information content (AvgIpc) is 3.05. The molecule has 0 radical (unpaired) electrons. The standard InChI is InChI=1S/C15H21NO/c1-3-12-5-8-15(11-13(12)4-1)17-10-2-9-16-14-6-7-14/h5,8,11,14,16H,1-4,6-7,9-10H2. The first-order valence-corrected chi connectivity index (χ1v) is 6.90. The molecule has 2 aliphatic carbocycles. The molecule has 0 amide bonds. The van der Waals surface area contributed by atoms with Crippen molar-refractivity contribution in [2.75, 3.05) is 13.2 Å². The third-order valence-electron chi connectivity index (χ3n) is 3.67. The molecule has 17 heavy (non-hydrogen) atoms.